The summed E-state index contributed by atoms with van der Waals surface area (Å²) in [6.45, 7) is 8.07. The summed E-state index contributed by atoms with van der Waals surface area (Å²) in [5.41, 5.74) is 0. The molecule has 0 saturated heterocycles. The van der Waals surface area contributed by atoms with Gasteiger partial charge in [-0.1, -0.05) is 13.8 Å². The molecule has 2 N–H and O–H groups in total. The fourth-order valence-electron chi connectivity index (χ4n) is 1.05. The molecule has 0 rings (SSSR count). The maximum Gasteiger partial charge on any atom is 0.0478 e. The number of ether oxygens (including phenoxy) is 1. The van der Waals surface area contributed by atoms with Crippen molar-refractivity contribution in [3.8, 4) is 0 Å². The topological polar surface area (TPSA) is 33.3 Å². The van der Waals surface area contributed by atoms with Crippen LogP contribution < -0.4 is 10.6 Å². The van der Waals surface area contributed by atoms with E-state index in [1.54, 1.807) is 0 Å². The summed E-state index contributed by atoms with van der Waals surface area (Å²) in [5, 5.41) is 6.49. The molecule has 0 aromatic heterocycles. The van der Waals surface area contributed by atoms with Crippen LogP contribution in [-0.2, 0) is 4.74 Å². The van der Waals surface area contributed by atoms with Gasteiger partial charge in [0.1, 0.15) is 0 Å². The lowest BCUT2D eigenvalue weighted by molar-refractivity contribution is 0.129. The molecule has 0 bridgehead atoms. The molecule has 4 heteroatoms. The van der Waals surface area contributed by atoms with E-state index in [4.69, 9.17) is 4.74 Å². The standard InChI is InChI=1S/C10H24N2OS/c1-10(2)12-6-4-8-13-7-3-5-11-9-14/h10-12,14H,3-9H2,1-2H3. The zero-order valence-corrected chi connectivity index (χ0v) is 10.3. The molecule has 0 aromatic rings. The third-order valence-electron chi connectivity index (χ3n) is 1.77. The van der Waals surface area contributed by atoms with Gasteiger partial charge < -0.3 is 15.4 Å². The van der Waals surface area contributed by atoms with Crippen molar-refractivity contribution in [3.63, 3.8) is 0 Å². The highest BCUT2D eigenvalue weighted by molar-refractivity contribution is 7.80. The Morgan fingerprint density at radius 1 is 1.14 bits per heavy atom. The average molecular weight is 220 g/mol. The van der Waals surface area contributed by atoms with Gasteiger partial charge in [0.2, 0.25) is 0 Å². The van der Waals surface area contributed by atoms with Crippen LogP contribution in [0.4, 0.5) is 0 Å². The summed E-state index contributed by atoms with van der Waals surface area (Å²) in [7, 11) is 0. The van der Waals surface area contributed by atoms with Crippen molar-refractivity contribution in [3.05, 3.63) is 0 Å². The lowest BCUT2D eigenvalue weighted by Crippen LogP contribution is -2.24. The molecule has 0 aliphatic rings. The zero-order valence-electron chi connectivity index (χ0n) is 9.38. The van der Waals surface area contributed by atoms with Gasteiger partial charge in [0.05, 0.1) is 0 Å². The van der Waals surface area contributed by atoms with Gasteiger partial charge in [-0.25, -0.2) is 0 Å². The van der Waals surface area contributed by atoms with Gasteiger partial charge >= 0.3 is 0 Å². The van der Waals surface area contributed by atoms with Gasteiger partial charge in [0.25, 0.3) is 0 Å². The summed E-state index contributed by atoms with van der Waals surface area (Å²) >= 11 is 4.05. The predicted octanol–water partition coefficient (Wildman–Crippen LogP) is 1.26. The van der Waals surface area contributed by atoms with E-state index in [0.29, 0.717) is 6.04 Å². The summed E-state index contributed by atoms with van der Waals surface area (Å²) in [6, 6.07) is 0.578. The molecule has 14 heavy (non-hydrogen) atoms. The second-order valence-electron chi connectivity index (χ2n) is 3.59. The molecule has 86 valence electrons. The maximum absolute atomic E-state index is 5.46. The van der Waals surface area contributed by atoms with Crippen LogP contribution >= 0.6 is 12.6 Å². The molecule has 0 aromatic carbocycles. The van der Waals surface area contributed by atoms with Crippen molar-refractivity contribution < 1.29 is 4.74 Å². The quantitative estimate of drug-likeness (QED) is 0.294. The fourth-order valence-corrected chi connectivity index (χ4v) is 1.20. The molecular formula is C10H24N2OS. The van der Waals surface area contributed by atoms with E-state index in [-0.39, 0.29) is 0 Å². The minimum atomic E-state index is 0.578. The molecule has 0 atom stereocenters. The number of hydrogen-bond acceptors (Lipinski definition) is 4. The van der Waals surface area contributed by atoms with Gasteiger partial charge in [-0.3, -0.25) is 0 Å². The Kier molecular flexibility index (Phi) is 11.5. The average Bonchev–Trinajstić information content (AvgIpc) is 2.15. The van der Waals surface area contributed by atoms with Crippen LogP contribution in [0.2, 0.25) is 0 Å². The molecule has 0 unspecified atom stereocenters. The molecule has 0 heterocycles. The molecule has 0 saturated carbocycles. The Balaban J connectivity index is 2.85. The van der Waals surface area contributed by atoms with E-state index < -0.39 is 0 Å². The van der Waals surface area contributed by atoms with E-state index >= 15 is 0 Å². The number of nitrogens with one attached hydrogen (secondary N) is 2. The Labute approximate surface area is 93.4 Å². The Bertz CT molecular complexity index is 112. The third kappa shape index (κ3) is 12.2. The second kappa shape index (κ2) is 11.3. The van der Waals surface area contributed by atoms with E-state index in [0.717, 1.165) is 45.0 Å². The first kappa shape index (κ1) is 14.2. The normalized spacial score (nSPS) is 11.1. The molecular weight excluding hydrogens is 196 g/mol. The highest BCUT2D eigenvalue weighted by Gasteiger charge is 1.92. The van der Waals surface area contributed by atoms with Gasteiger partial charge in [0, 0.05) is 25.1 Å². The first-order valence-electron chi connectivity index (χ1n) is 5.40. The molecule has 0 radical (unpaired) electrons. The van der Waals surface area contributed by atoms with Crippen LogP contribution in [0.5, 0.6) is 0 Å². The largest absolute Gasteiger partial charge is 0.381 e. The molecule has 0 fully saturated rings. The van der Waals surface area contributed by atoms with Crippen molar-refractivity contribution in [2.45, 2.75) is 32.7 Å². The monoisotopic (exact) mass is 220 g/mol. The van der Waals surface area contributed by atoms with Crippen molar-refractivity contribution in [1.29, 1.82) is 0 Å². The SMILES string of the molecule is CC(C)NCCCOCCCNCS. The first-order chi connectivity index (χ1) is 6.77. The van der Waals surface area contributed by atoms with Crippen LogP contribution in [0, 0.1) is 0 Å². The zero-order chi connectivity index (χ0) is 10.6. The summed E-state index contributed by atoms with van der Waals surface area (Å²) in [4.78, 5) is 0. The maximum atomic E-state index is 5.46. The predicted molar refractivity (Wildman–Crippen MR) is 65.0 cm³/mol. The molecule has 0 spiro atoms. The van der Waals surface area contributed by atoms with Gasteiger partial charge in [-0.05, 0) is 25.9 Å². The Morgan fingerprint density at radius 3 is 2.36 bits per heavy atom. The second-order valence-corrected chi connectivity index (χ2v) is 3.90. The fraction of sp³-hybridized carbons (Fsp3) is 1.00. The van der Waals surface area contributed by atoms with Crippen molar-refractivity contribution >= 4 is 12.6 Å². The van der Waals surface area contributed by atoms with Crippen LogP contribution in [0.3, 0.4) is 0 Å². The lowest BCUT2D eigenvalue weighted by atomic mass is 10.3. The van der Waals surface area contributed by atoms with Gasteiger partial charge in [-0.15, -0.1) is 0 Å². The summed E-state index contributed by atoms with van der Waals surface area (Å²) in [6.07, 6.45) is 2.16. The third-order valence-corrected chi connectivity index (χ3v) is 2.00. The lowest BCUT2D eigenvalue weighted by Gasteiger charge is -2.08. The van der Waals surface area contributed by atoms with Gasteiger partial charge in [0.15, 0.2) is 0 Å². The first-order valence-corrected chi connectivity index (χ1v) is 6.03. The summed E-state index contributed by atoms with van der Waals surface area (Å²) in [5.74, 6) is 0.748. The van der Waals surface area contributed by atoms with E-state index in [9.17, 15) is 0 Å². The van der Waals surface area contributed by atoms with Crippen molar-refractivity contribution in [1.82, 2.24) is 10.6 Å². The van der Waals surface area contributed by atoms with E-state index in [2.05, 4.69) is 37.1 Å². The van der Waals surface area contributed by atoms with Crippen LogP contribution in [0.25, 0.3) is 0 Å². The minimum Gasteiger partial charge on any atom is -0.381 e. The smallest absolute Gasteiger partial charge is 0.0478 e. The van der Waals surface area contributed by atoms with Crippen LogP contribution in [0.15, 0.2) is 0 Å². The number of hydrogen-bond donors (Lipinski definition) is 3. The molecule has 0 amide bonds. The number of rotatable bonds is 10. The Hall–Kier alpha value is 0.230. The van der Waals surface area contributed by atoms with Crippen LogP contribution in [-0.4, -0.2) is 38.2 Å². The molecule has 0 aliphatic carbocycles. The Morgan fingerprint density at radius 2 is 1.79 bits per heavy atom. The van der Waals surface area contributed by atoms with E-state index in [1.807, 2.05) is 0 Å². The summed E-state index contributed by atoms with van der Waals surface area (Å²) < 4.78 is 5.46. The minimum absolute atomic E-state index is 0.578. The molecule has 3 nitrogen and oxygen atoms in total. The van der Waals surface area contributed by atoms with Crippen molar-refractivity contribution in [2.24, 2.45) is 0 Å². The number of thiol groups is 1. The van der Waals surface area contributed by atoms with Crippen LogP contribution in [0.1, 0.15) is 26.7 Å². The highest BCUT2D eigenvalue weighted by atomic mass is 32.1. The van der Waals surface area contributed by atoms with Gasteiger partial charge in [-0.2, -0.15) is 12.6 Å². The molecule has 0 aliphatic heterocycles. The van der Waals surface area contributed by atoms with E-state index in [1.165, 1.54) is 0 Å². The highest BCUT2D eigenvalue weighted by Crippen LogP contribution is 1.86. The van der Waals surface area contributed by atoms with Crippen molar-refractivity contribution in [2.75, 3.05) is 32.2 Å².